The molecule has 15 heavy (non-hydrogen) atoms. The van der Waals surface area contributed by atoms with E-state index in [0.717, 1.165) is 11.5 Å². The van der Waals surface area contributed by atoms with Crippen LogP contribution in [0.4, 0.5) is 0 Å². The van der Waals surface area contributed by atoms with Gasteiger partial charge in [0.05, 0.1) is 19.5 Å². The quantitative estimate of drug-likeness (QED) is 0.477. The third kappa shape index (κ3) is 7.70. The highest BCUT2D eigenvalue weighted by Crippen LogP contribution is 2.60. The van der Waals surface area contributed by atoms with Crippen molar-refractivity contribution in [2.75, 3.05) is 36.7 Å². The Balaban J connectivity index is 3.90. The molecule has 0 spiro atoms. The fourth-order valence-corrected chi connectivity index (χ4v) is 6.09. The van der Waals surface area contributed by atoms with Crippen LogP contribution in [0.1, 0.15) is 20.8 Å². The van der Waals surface area contributed by atoms with Crippen LogP contribution in [-0.2, 0) is 24.5 Å². The van der Waals surface area contributed by atoms with E-state index < -0.39 is 6.80 Å². The predicted octanol–water partition coefficient (Wildman–Crippen LogP) is 3.17. The highest BCUT2D eigenvalue weighted by molar-refractivity contribution is 8.55. The Hall–Kier alpha value is 0.850. The van der Waals surface area contributed by atoms with Gasteiger partial charge in [-0.1, -0.05) is 0 Å². The molecular weight excluding hydrogens is 251 g/mol. The van der Waals surface area contributed by atoms with E-state index in [4.69, 9.17) is 9.05 Å². The van der Waals surface area contributed by atoms with Crippen LogP contribution in [-0.4, -0.2) is 36.7 Å². The summed E-state index contributed by atoms with van der Waals surface area (Å²) in [6, 6.07) is 0. The summed E-state index contributed by atoms with van der Waals surface area (Å²) in [5.41, 5.74) is 0. The molecule has 92 valence electrons. The largest absolute Gasteiger partial charge is 0.389 e. The molecule has 0 N–H and O–H groups in total. The average molecular weight is 273 g/mol. The molecule has 0 rings (SSSR count). The normalized spacial score (nSPS) is 14.1. The minimum absolute atomic E-state index is 0.427. The molecule has 0 saturated carbocycles. The minimum atomic E-state index is -2.86. The highest BCUT2D eigenvalue weighted by atomic mass is 32.7. The van der Waals surface area contributed by atoms with Crippen LogP contribution in [0.25, 0.3) is 0 Å². The molecule has 0 aromatic heterocycles. The summed E-state index contributed by atoms with van der Waals surface area (Å²) in [4.78, 5) is 0. The molecule has 0 bridgehead atoms. The monoisotopic (exact) mass is 273 g/mol. The van der Waals surface area contributed by atoms with E-state index in [0.29, 0.717) is 24.1 Å². The Morgan fingerprint density at radius 2 is 1.73 bits per heavy atom. The molecule has 0 radical (unpaired) electrons. The van der Waals surface area contributed by atoms with Gasteiger partial charge in [0.15, 0.2) is 0 Å². The molecule has 0 saturated heterocycles. The van der Waals surface area contributed by atoms with Gasteiger partial charge in [0.25, 0.3) is 0 Å². The van der Waals surface area contributed by atoms with Gasteiger partial charge in [-0.2, -0.15) is 0 Å². The maximum Gasteiger partial charge on any atom is 0.389 e. The third-order valence-electron chi connectivity index (χ3n) is 1.75. The maximum atomic E-state index is 12.0. The lowest BCUT2D eigenvalue weighted by Gasteiger charge is -2.15. The molecule has 1 unspecified atom stereocenters. The fraction of sp³-hybridized carbons (Fsp3) is 1.00. The van der Waals surface area contributed by atoms with Crippen molar-refractivity contribution in [2.24, 2.45) is 0 Å². The Morgan fingerprint density at radius 1 is 1.20 bits per heavy atom. The molecule has 0 aliphatic heterocycles. The molecule has 1 atom stereocenters. The van der Waals surface area contributed by atoms with Gasteiger partial charge >= 0.3 is 6.80 Å². The SMILES string of the molecule is CCOP(=O)(OCC)SCC[S+](C)CC. The fourth-order valence-electron chi connectivity index (χ4n) is 0.864. The number of hydrogen-bond donors (Lipinski definition) is 0. The number of hydrogen-bond acceptors (Lipinski definition) is 4. The second kappa shape index (κ2) is 8.94. The summed E-state index contributed by atoms with van der Waals surface area (Å²) in [6.45, 7) is 3.87. The summed E-state index contributed by atoms with van der Waals surface area (Å²) in [5, 5.41) is 0. The van der Waals surface area contributed by atoms with Crippen LogP contribution >= 0.6 is 18.2 Å². The number of rotatable bonds is 9. The molecule has 0 amide bonds. The summed E-state index contributed by atoms with van der Waals surface area (Å²) >= 11 is 1.33. The molecule has 0 aliphatic carbocycles. The summed E-state index contributed by atoms with van der Waals surface area (Å²) < 4.78 is 22.4. The van der Waals surface area contributed by atoms with E-state index in [2.05, 4.69) is 13.2 Å². The van der Waals surface area contributed by atoms with E-state index in [1.165, 1.54) is 17.1 Å². The first-order chi connectivity index (χ1) is 7.08. The van der Waals surface area contributed by atoms with Gasteiger partial charge in [-0.05, 0) is 43.0 Å². The van der Waals surface area contributed by atoms with Crippen LogP contribution in [0.3, 0.4) is 0 Å². The van der Waals surface area contributed by atoms with E-state index in [9.17, 15) is 4.57 Å². The maximum absolute atomic E-state index is 12.0. The molecule has 0 aromatic carbocycles. The van der Waals surface area contributed by atoms with E-state index in [1.54, 1.807) is 0 Å². The van der Waals surface area contributed by atoms with Crippen molar-refractivity contribution in [3.63, 3.8) is 0 Å². The smallest absolute Gasteiger partial charge is 0.301 e. The van der Waals surface area contributed by atoms with E-state index in [-0.39, 0.29) is 0 Å². The molecule has 0 aromatic rings. The Labute approximate surface area is 100 Å². The van der Waals surface area contributed by atoms with Crippen LogP contribution in [0.2, 0.25) is 0 Å². The Bertz CT molecular complexity index is 192. The second-order valence-corrected chi connectivity index (χ2v) is 9.63. The summed E-state index contributed by atoms with van der Waals surface area (Å²) in [7, 11) is 0.427. The van der Waals surface area contributed by atoms with Crippen LogP contribution in [0.15, 0.2) is 0 Å². The van der Waals surface area contributed by atoms with Crippen molar-refractivity contribution in [1.29, 1.82) is 0 Å². The third-order valence-corrected chi connectivity index (χ3v) is 7.87. The van der Waals surface area contributed by atoms with E-state index in [1.807, 2.05) is 13.8 Å². The summed E-state index contributed by atoms with van der Waals surface area (Å²) in [6.07, 6.45) is 2.23. The molecule has 3 nitrogen and oxygen atoms in total. The van der Waals surface area contributed by atoms with Gasteiger partial charge in [-0.3, -0.25) is 0 Å². The molecule has 0 fully saturated rings. The first-order valence-electron chi connectivity index (χ1n) is 5.20. The first kappa shape index (κ1) is 15.9. The zero-order valence-corrected chi connectivity index (χ0v) is 12.6. The van der Waals surface area contributed by atoms with Crippen molar-refractivity contribution in [3.05, 3.63) is 0 Å². The van der Waals surface area contributed by atoms with Crippen LogP contribution < -0.4 is 0 Å². The van der Waals surface area contributed by atoms with Crippen molar-refractivity contribution >= 4 is 29.1 Å². The minimum Gasteiger partial charge on any atom is -0.301 e. The zero-order valence-electron chi connectivity index (χ0n) is 10.0. The first-order valence-corrected chi connectivity index (χ1v) is 10.3. The van der Waals surface area contributed by atoms with Gasteiger partial charge in [-0.25, -0.2) is 4.57 Å². The molecule has 0 aliphatic rings. The Morgan fingerprint density at radius 3 is 2.13 bits per heavy atom. The van der Waals surface area contributed by atoms with Crippen molar-refractivity contribution in [1.82, 2.24) is 0 Å². The van der Waals surface area contributed by atoms with Gasteiger partial charge in [0, 0.05) is 5.75 Å². The lowest BCUT2D eigenvalue weighted by molar-refractivity contribution is 0.237. The standard InChI is InChI=1S/C9H22O3PS2/c1-5-11-13(10,12-6-2)14-8-9-15(4)7-3/h5-9H2,1-4H3/q+1. The van der Waals surface area contributed by atoms with Crippen LogP contribution in [0, 0.1) is 0 Å². The Kier molecular flexibility index (Phi) is 9.45. The van der Waals surface area contributed by atoms with Gasteiger partial charge < -0.3 is 9.05 Å². The zero-order chi connectivity index (χ0) is 11.7. The lowest BCUT2D eigenvalue weighted by atomic mass is 10.9. The average Bonchev–Trinajstić information content (AvgIpc) is 2.18. The van der Waals surface area contributed by atoms with Crippen molar-refractivity contribution in [2.45, 2.75) is 20.8 Å². The van der Waals surface area contributed by atoms with Crippen LogP contribution in [0.5, 0.6) is 0 Å². The van der Waals surface area contributed by atoms with Gasteiger partial charge in [0.1, 0.15) is 11.5 Å². The highest BCUT2D eigenvalue weighted by Gasteiger charge is 2.25. The summed E-state index contributed by atoms with van der Waals surface area (Å²) in [5.74, 6) is 3.13. The lowest BCUT2D eigenvalue weighted by Crippen LogP contribution is -2.09. The topological polar surface area (TPSA) is 35.5 Å². The van der Waals surface area contributed by atoms with Gasteiger partial charge in [0.2, 0.25) is 0 Å². The van der Waals surface area contributed by atoms with Gasteiger partial charge in [-0.15, -0.1) is 0 Å². The second-order valence-electron chi connectivity index (χ2n) is 2.89. The molecular formula is C9H22O3PS2+. The van der Waals surface area contributed by atoms with Crippen molar-refractivity contribution in [3.8, 4) is 0 Å². The van der Waals surface area contributed by atoms with Crippen molar-refractivity contribution < 1.29 is 13.6 Å². The van der Waals surface area contributed by atoms with E-state index >= 15 is 0 Å². The molecule has 0 heterocycles. The molecule has 6 heteroatoms. The predicted molar refractivity (Wildman–Crippen MR) is 72.0 cm³/mol.